The maximum atomic E-state index is 6.17. The summed E-state index contributed by atoms with van der Waals surface area (Å²) in [4.78, 5) is 12.5. The van der Waals surface area contributed by atoms with E-state index in [2.05, 4.69) is 25.6 Å². The Labute approximate surface area is 122 Å². The first-order valence-electron chi connectivity index (χ1n) is 6.22. The van der Waals surface area contributed by atoms with Crippen LogP contribution in [0.4, 0.5) is 17.6 Å². The summed E-state index contributed by atoms with van der Waals surface area (Å²) < 4.78 is 5.30. The van der Waals surface area contributed by atoms with E-state index in [1.165, 1.54) is 0 Å². The molecular formula is C13H16ClN5O. The van der Waals surface area contributed by atoms with Crippen molar-refractivity contribution in [3.8, 4) is 6.01 Å². The number of aromatic nitrogens is 3. The van der Waals surface area contributed by atoms with Crippen molar-refractivity contribution < 1.29 is 4.74 Å². The third-order valence-electron chi connectivity index (χ3n) is 2.48. The molecule has 0 unspecified atom stereocenters. The molecule has 6 nitrogen and oxygen atoms in total. The van der Waals surface area contributed by atoms with E-state index in [1.807, 2.05) is 32.0 Å². The Morgan fingerprint density at radius 1 is 1.20 bits per heavy atom. The van der Waals surface area contributed by atoms with Crippen LogP contribution < -0.4 is 15.4 Å². The predicted molar refractivity (Wildman–Crippen MR) is 80.0 cm³/mol. The van der Waals surface area contributed by atoms with Crippen molar-refractivity contribution in [1.82, 2.24) is 15.0 Å². The van der Waals surface area contributed by atoms with Crippen LogP contribution in [0.1, 0.15) is 12.5 Å². The van der Waals surface area contributed by atoms with Gasteiger partial charge in [0.1, 0.15) is 0 Å². The normalized spacial score (nSPS) is 10.2. The Morgan fingerprint density at radius 3 is 2.60 bits per heavy atom. The van der Waals surface area contributed by atoms with Crippen LogP contribution in [0.3, 0.4) is 0 Å². The highest BCUT2D eigenvalue weighted by Crippen LogP contribution is 2.25. The second kappa shape index (κ2) is 6.38. The molecule has 0 amide bonds. The summed E-state index contributed by atoms with van der Waals surface area (Å²) >= 11 is 6.17. The monoisotopic (exact) mass is 293 g/mol. The van der Waals surface area contributed by atoms with E-state index >= 15 is 0 Å². The lowest BCUT2D eigenvalue weighted by Crippen LogP contribution is -2.07. The Bertz CT molecular complexity index is 605. The first-order valence-corrected chi connectivity index (χ1v) is 6.60. The number of hydrogen-bond acceptors (Lipinski definition) is 6. The standard InChI is InChI=1S/C13H16ClN5O/c1-4-20-13-18-11(15-3)17-12(19-13)16-10-6-5-8(2)7-9(10)14/h5-7H,4H2,1-3H3,(H2,15,16,17,18,19). The number of halogens is 1. The second-order valence-electron chi connectivity index (χ2n) is 4.06. The maximum Gasteiger partial charge on any atom is 0.323 e. The first kappa shape index (κ1) is 14.3. The molecule has 0 aliphatic carbocycles. The molecule has 1 heterocycles. The smallest absolute Gasteiger partial charge is 0.323 e. The van der Waals surface area contributed by atoms with Gasteiger partial charge in [-0.3, -0.25) is 0 Å². The molecule has 0 saturated carbocycles. The van der Waals surface area contributed by atoms with Gasteiger partial charge in [0.25, 0.3) is 0 Å². The van der Waals surface area contributed by atoms with Crippen LogP contribution in [0.25, 0.3) is 0 Å². The number of benzene rings is 1. The van der Waals surface area contributed by atoms with Gasteiger partial charge in [-0.05, 0) is 31.5 Å². The van der Waals surface area contributed by atoms with Gasteiger partial charge in [-0.2, -0.15) is 15.0 Å². The van der Waals surface area contributed by atoms with E-state index in [0.717, 1.165) is 11.3 Å². The molecule has 0 radical (unpaired) electrons. The van der Waals surface area contributed by atoms with Gasteiger partial charge < -0.3 is 15.4 Å². The zero-order valence-electron chi connectivity index (χ0n) is 11.6. The largest absolute Gasteiger partial charge is 0.464 e. The van der Waals surface area contributed by atoms with E-state index in [1.54, 1.807) is 7.05 Å². The summed E-state index contributed by atoms with van der Waals surface area (Å²) in [6.07, 6.45) is 0. The molecule has 0 saturated heterocycles. The lowest BCUT2D eigenvalue weighted by atomic mass is 10.2. The zero-order valence-corrected chi connectivity index (χ0v) is 12.3. The predicted octanol–water partition coefficient (Wildman–Crippen LogP) is 3.02. The van der Waals surface area contributed by atoms with Gasteiger partial charge in [-0.15, -0.1) is 0 Å². The molecule has 1 aromatic carbocycles. The van der Waals surface area contributed by atoms with Crippen molar-refractivity contribution in [3.63, 3.8) is 0 Å². The summed E-state index contributed by atoms with van der Waals surface area (Å²) in [6, 6.07) is 5.96. The molecule has 7 heteroatoms. The van der Waals surface area contributed by atoms with Crippen molar-refractivity contribution in [2.45, 2.75) is 13.8 Å². The molecule has 0 aliphatic heterocycles. The summed E-state index contributed by atoms with van der Waals surface area (Å²) in [5.41, 5.74) is 1.81. The number of anilines is 3. The fraction of sp³-hybridized carbons (Fsp3) is 0.308. The number of hydrogen-bond donors (Lipinski definition) is 2. The highest BCUT2D eigenvalue weighted by atomic mass is 35.5. The zero-order chi connectivity index (χ0) is 14.5. The molecule has 0 bridgehead atoms. The van der Waals surface area contributed by atoms with Crippen LogP contribution >= 0.6 is 11.6 Å². The maximum absolute atomic E-state index is 6.17. The molecular weight excluding hydrogens is 278 g/mol. The minimum Gasteiger partial charge on any atom is -0.464 e. The van der Waals surface area contributed by atoms with Crippen LogP contribution in [0.5, 0.6) is 6.01 Å². The molecule has 106 valence electrons. The van der Waals surface area contributed by atoms with Crippen LogP contribution in [0, 0.1) is 6.92 Å². The van der Waals surface area contributed by atoms with E-state index < -0.39 is 0 Å². The van der Waals surface area contributed by atoms with Crippen molar-refractivity contribution in [2.75, 3.05) is 24.3 Å². The number of nitrogens with zero attached hydrogens (tertiary/aromatic N) is 3. The van der Waals surface area contributed by atoms with Gasteiger partial charge in [0.15, 0.2) is 0 Å². The molecule has 20 heavy (non-hydrogen) atoms. The van der Waals surface area contributed by atoms with Crippen LogP contribution in [0.15, 0.2) is 18.2 Å². The highest BCUT2D eigenvalue weighted by molar-refractivity contribution is 6.33. The molecule has 2 rings (SSSR count). The minimum atomic E-state index is 0.262. The number of nitrogens with one attached hydrogen (secondary N) is 2. The van der Waals surface area contributed by atoms with Crippen LogP contribution in [-0.4, -0.2) is 28.6 Å². The van der Waals surface area contributed by atoms with Crippen LogP contribution in [0.2, 0.25) is 5.02 Å². The lowest BCUT2D eigenvalue weighted by Gasteiger charge is -2.10. The molecule has 0 atom stereocenters. The van der Waals surface area contributed by atoms with Crippen molar-refractivity contribution in [2.24, 2.45) is 0 Å². The second-order valence-corrected chi connectivity index (χ2v) is 4.46. The fourth-order valence-corrected chi connectivity index (χ4v) is 1.84. The molecule has 2 aromatic rings. The third-order valence-corrected chi connectivity index (χ3v) is 2.80. The van der Waals surface area contributed by atoms with Gasteiger partial charge >= 0.3 is 6.01 Å². The number of rotatable bonds is 5. The van der Waals surface area contributed by atoms with Gasteiger partial charge in [0.2, 0.25) is 11.9 Å². The van der Waals surface area contributed by atoms with E-state index in [0.29, 0.717) is 23.5 Å². The molecule has 2 N–H and O–H groups in total. The Morgan fingerprint density at radius 2 is 1.95 bits per heavy atom. The summed E-state index contributed by atoms with van der Waals surface area (Å²) in [7, 11) is 1.73. The van der Waals surface area contributed by atoms with Crippen molar-refractivity contribution in [3.05, 3.63) is 28.8 Å². The third kappa shape index (κ3) is 3.48. The van der Waals surface area contributed by atoms with Crippen LogP contribution in [-0.2, 0) is 0 Å². The average Bonchev–Trinajstić information content (AvgIpc) is 2.42. The van der Waals surface area contributed by atoms with Crippen molar-refractivity contribution in [1.29, 1.82) is 0 Å². The minimum absolute atomic E-state index is 0.262. The molecule has 0 aliphatic rings. The van der Waals surface area contributed by atoms with Crippen molar-refractivity contribution >= 4 is 29.2 Å². The van der Waals surface area contributed by atoms with E-state index in [4.69, 9.17) is 16.3 Å². The summed E-state index contributed by atoms with van der Waals surface area (Å²) in [6.45, 7) is 4.33. The molecule has 0 fully saturated rings. The first-order chi connectivity index (χ1) is 9.62. The van der Waals surface area contributed by atoms with Gasteiger partial charge in [-0.25, -0.2) is 0 Å². The number of ether oxygens (including phenoxy) is 1. The summed E-state index contributed by atoms with van der Waals surface area (Å²) in [5.74, 6) is 0.799. The molecule has 1 aromatic heterocycles. The lowest BCUT2D eigenvalue weighted by molar-refractivity contribution is 0.312. The van der Waals surface area contributed by atoms with Gasteiger partial charge in [0, 0.05) is 7.05 Å². The highest BCUT2D eigenvalue weighted by Gasteiger charge is 2.08. The topological polar surface area (TPSA) is 72.0 Å². The summed E-state index contributed by atoms with van der Waals surface area (Å²) in [5, 5.41) is 6.53. The Kier molecular flexibility index (Phi) is 4.57. The Balaban J connectivity index is 2.29. The van der Waals surface area contributed by atoms with Gasteiger partial charge in [-0.1, -0.05) is 17.7 Å². The fourth-order valence-electron chi connectivity index (χ4n) is 1.56. The van der Waals surface area contributed by atoms with Gasteiger partial charge in [0.05, 0.1) is 17.3 Å². The quantitative estimate of drug-likeness (QED) is 0.883. The average molecular weight is 294 g/mol. The van der Waals surface area contributed by atoms with E-state index in [9.17, 15) is 0 Å². The SMILES string of the molecule is CCOc1nc(NC)nc(Nc2ccc(C)cc2Cl)n1. The Hall–Kier alpha value is -2.08. The van der Waals surface area contributed by atoms with E-state index in [-0.39, 0.29) is 6.01 Å². The number of aryl methyl sites for hydroxylation is 1. The molecule has 0 spiro atoms.